The molecule has 0 aromatic heterocycles. The van der Waals surface area contributed by atoms with Crippen LogP contribution in [0.15, 0.2) is 0 Å². The van der Waals surface area contributed by atoms with Gasteiger partial charge in [0.2, 0.25) is 0 Å². The quantitative estimate of drug-likeness (QED) is 0.126. The Morgan fingerprint density at radius 2 is 0.643 bits per heavy atom. The van der Waals surface area contributed by atoms with Gasteiger partial charge in [-0.15, -0.1) is 12.4 Å². The molecule has 0 aliphatic heterocycles. The topological polar surface area (TPSA) is 6.48 Å². The van der Waals surface area contributed by atoms with E-state index in [-0.39, 0.29) is 12.4 Å². The van der Waals surface area contributed by atoms with Gasteiger partial charge in [-0.05, 0) is 0 Å². The molecule has 0 N–H and O–H groups in total. The van der Waals surface area contributed by atoms with Crippen molar-refractivity contribution < 1.29 is 37.5 Å². The first kappa shape index (κ1) is 31.7. The van der Waals surface area contributed by atoms with E-state index >= 15 is 0 Å². The Balaban J connectivity index is 0. The molecule has 0 spiro atoms. The van der Waals surface area contributed by atoms with Crippen molar-refractivity contribution in [3.63, 3.8) is 0 Å². The molecular weight excluding hydrogens is 496 g/mol. The van der Waals surface area contributed by atoms with Gasteiger partial charge in [0.1, 0.15) is 0 Å². The van der Waals surface area contributed by atoms with Crippen LogP contribution in [-0.2, 0) is 0 Å². The largest absolute Gasteiger partial charge is 0.147 e. The maximum absolute atomic E-state index is 2.98. The summed E-state index contributed by atoms with van der Waals surface area (Å²) in [5, 5.41) is 0. The molecule has 0 aliphatic rings. The average molecular weight is 549 g/mol. The van der Waals surface area contributed by atoms with Gasteiger partial charge < -0.3 is 0 Å². The molecule has 0 fully saturated rings. The minimum Gasteiger partial charge on any atom is -0.147 e. The zero-order chi connectivity index (χ0) is 20.0. The van der Waals surface area contributed by atoms with Crippen molar-refractivity contribution in [2.24, 2.45) is 0 Å². The smallest absolute Gasteiger partial charge is 0.147 e. The van der Waals surface area contributed by atoms with Crippen molar-refractivity contribution in [3.8, 4) is 0 Å². The van der Waals surface area contributed by atoms with Gasteiger partial charge in [-0.2, -0.15) is 0 Å². The average Bonchev–Trinajstić information content (AvgIpc) is 2.68. The predicted molar refractivity (Wildman–Crippen MR) is 127 cm³/mol. The Labute approximate surface area is 206 Å². The third-order valence-corrected chi connectivity index (χ3v) is 10.1. The van der Waals surface area contributed by atoms with Gasteiger partial charge in [-0.3, -0.25) is 0 Å². The Hall–Kier alpha value is 1.56. The molecule has 0 bridgehead atoms. The summed E-state index contributed by atoms with van der Waals surface area (Å²) < 4.78 is 5.95. The number of halogens is 1. The SMILES string of the molecule is CCCCCC[N](CCCCCC)[Nd][N](CCCCCC)CCCCCC.Cl. The summed E-state index contributed by atoms with van der Waals surface area (Å²) in [5.74, 6) is 0. The summed E-state index contributed by atoms with van der Waals surface area (Å²) in [4.78, 5) is 0. The molecule has 0 aromatic carbocycles. The van der Waals surface area contributed by atoms with Crippen molar-refractivity contribution in [1.82, 2.24) is 1.97 Å². The van der Waals surface area contributed by atoms with E-state index in [1.165, 1.54) is 129 Å². The van der Waals surface area contributed by atoms with Crippen molar-refractivity contribution >= 4 is 12.4 Å². The van der Waals surface area contributed by atoms with Crippen LogP contribution in [0.25, 0.3) is 0 Å². The molecule has 0 atom stereocenters. The second-order valence-electron chi connectivity index (χ2n) is 8.32. The number of rotatable bonds is 22. The standard InChI is InChI=1S/2C12H26N.ClH.Nd/c2*1-3-5-7-9-11-13-12-10-8-6-4-2;;/h2*3-12H2,1-2H3;1H;/q2*-1;;+2. The van der Waals surface area contributed by atoms with Crippen LogP contribution in [0.4, 0.5) is 0 Å². The molecule has 0 radical (unpaired) electrons. The van der Waals surface area contributed by atoms with E-state index in [1.807, 2.05) is 0 Å². The van der Waals surface area contributed by atoms with E-state index in [9.17, 15) is 0 Å². The molecule has 4 heteroatoms. The minimum absolute atomic E-state index is 0. The maximum atomic E-state index is 2.98. The number of hydrogen-bond donors (Lipinski definition) is 0. The van der Waals surface area contributed by atoms with E-state index in [0.29, 0.717) is 0 Å². The summed E-state index contributed by atoms with van der Waals surface area (Å²) in [5.41, 5.74) is 0. The summed E-state index contributed by atoms with van der Waals surface area (Å²) in [6.07, 6.45) is 22.7. The minimum atomic E-state index is -0.811. The van der Waals surface area contributed by atoms with Crippen LogP contribution in [-0.4, -0.2) is 28.1 Å². The fourth-order valence-corrected chi connectivity index (χ4v) is 8.14. The molecule has 0 aliphatic carbocycles. The van der Waals surface area contributed by atoms with Gasteiger partial charge in [0, 0.05) is 0 Å². The van der Waals surface area contributed by atoms with Crippen LogP contribution in [0.2, 0.25) is 0 Å². The number of unbranched alkanes of at least 4 members (excludes halogenated alkanes) is 12. The second kappa shape index (κ2) is 26.6. The van der Waals surface area contributed by atoms with Crippen molar-refractivity contribution in [3.05, 3.63) is 0 Å². The number of hydrogen-bond acceptors (Lipinski definition) is 2. The fourth-order valence-electron chi connectivity index (χ4n) is 3.54. The van der Waals surface area contributed by atoms with Crippen molar-refractivity contribution in [1.29, 1.82) is 0 Å². The number of nitrogens with zero attached hydrogens (tertiary/aromatic N) is 2. The van der Waals surface area contributed by atoms with Gasteiger partial charge in [0.25, 0.3) is 0 Å². The van der Waals surface area contributed by atoms with Crippen LogP contribution in [0.1, 0.15) is 130 Å². The Morgan fingerprint density at radius 3 is 0.857 bits per heavy atom. The molecule has 28 heavy (non-hydrogen) atoms. The van der Waals surface area contributed by atoms with Gasteiger partial charge in [0.05, 0.1) is 0 Å². The molecule has 2 nitrogen and oxygen atoms in total. The molecule has 0 aromatic rings. The van der Waals surface area contributed by atoms with Crippen molar-refractivity contribution in [2.45, 2.75) is 130 Å². The van der Waals surface area contributed by atoms with Gasteiger partial charge in [0.15, 0.2) is 0 Å². The van der Waals surface area contributed by atoms with E-state index < -0.39 is 37.5 Å². The first-order chi connectivity index (χ1) is 13.3. The summed E-state index contributed by atoms with van der Waals surface area (Å²) in [7, 11) is 0. The third kappa shape index (κ3) is 22.3. The van der Waals surface area contributed by atoms with Crippen LogP contribution < -0.4 is 0 Å². The zero-order valence-corrected chi connectivity index (χ0v) is 24.0. The Morgan fingerprint density at radius 1 is 0.393 bits per heavy atom. The molecule has 0 amide bonds. The van der Waals surface area contributed by atoms with Crippen LogP contribution in [0.3, 0.4) is 0 Å². The maximum Gasteiger partial charge on any atom is -0.147 e. The van der Waals surface area contributed by atoms with Gasteiger partial charge in [-0.1, -0.05) is 0 Å². The zero-order valence-electron chi connectivity index (χ0n) is 19.9. The van der Waals surface area contributed by atoms with Gasteiger partial charge >= 0.3 is 196 Å². The second-order valence-corrected chi connectivity index (χ2v) is 13.0. The summed E-state index contributed by atoms with van der Waals surface area (Å²) >= 11 is -0.811. The Kier molecular flexibility index (Phi) is 30.2. The van der Waals surface area contributed by atoms with E-state index in [0.717, 1.165) is 0 Å². The van der Waals surface area contributed by atoms with E-state index in [1.54, 1.807) is 0 Å². The molecular formula is C24H53ClN2Nd. The molecule has 0 rings (SSSR count). The first-order valence-electron chi connectivity index (χ1n) is 12.5. The third-order valence-electron chi connectivity index (χ3n) is 5.41. The first-order valence-corrected chi connectivity index (χ1v) is 15.4. The molecule has 0 saturated carbocycles. The fraction of sp³-hybridized carbons (Fsp3) is 1.00. The van der Waals surface area contributed by atoms with Gasteiger partial charge in [-0.25, -0.2) is 0 Å². The normalized spacial score (nSPS) is 11.2. The Bertz CT molecular complexity index is 229. The predicted octanol–water partition coefficient (Wildman–Crippen LogP) is 8.25. The van der Waals surface area contributed by atoms with Crippen LogP contribution in [0.5, 0.6) is 0 Å². The molecule has 0 saturated heterocycles. The summed E-state index contributed by atoms with van der Waals surface area (Å²) in [6, 6.07) is 0. The molecule has 0 unspecified atom stereocenters. The van der Waals surface area contributed by atoms with Crippen LogP contribution >= 0.6 is 12.4 Å². The van der Waals surface area contributed by atoms with E-state index in [2.05, 4.69) is 29.7 Å². The molecule has 0 heterocycles. The van der Waals surface area contributed by atoms with E-state index in [4.69, 9.17) is 0 Å². The van der Waals surface area contributed by atoms with Crippen LogP contribution in [0, 0.1) is 37.5 Å². The monoisotopic (exact) mass is 546 g/mol. The molecule has 170 valence electrons. The van der Waals surface area contributed by atoms with Crippen molar-refractivity contribution in [2.75, 3.05) is 26.2 Å². The summed E-state index contributed by atoms with van der Waals surface area (Å²) in [6.45, 7) is 14.9.